The van der Waals surface area contributed by atoms with Crippen molar-refractivity contribution in [1.82, 2.24) is 0 Å². The van der Waals surface area contributed by atoms with Crippen molar-refractivity contribution in [2.45, 2.75) is 51.9 Å². The lowest BCUT2D eigenvalue weighted by Gasteiger charge is -2.38. The fraction of sp³-hybridized carbons (Fsp3) is 0.400. The van der Waals surface area contributed by atoms with E-state index in [2.05, 4.69) is 0 Å². The molecule has 0 aromatic heterocycles. The number of aryl methyl sites for hydroxylation is 2. The van der Waals surface area contributed by atoms with Gasteiger partial charge >= 0.3 is 12.4 Å². The third-order valence-electron chi connectivity index (χ3n) is 4.44. The summed E-state index contributed by atoms with van der Waals surface area (Å²) >= 11 is 0. The fourth-order valence-electron chi connectivity index (χ4n) is 2.96. The van der Waals surface area contributed by atoms with Crippen LogP contribution in [0.4, 0.5) is 26.3 Å². The van der Waals surface area contributed by atoms with E-state index in [4.69, 9.17) is 0 Å². The summed E-state index contributed by atoms with van der Waals surface area (Å²) in [5.74, 6) is 0. The number of rotatable bonds is 4. The van der Waals surface area contributed by atoms with Gasteiger partial charge in [0, 0.05) is 0 Å². The normalized spacial score (nSPS) is 12.6. The third kappa shape index (κ3) is 3.60. The van der Waals surface area contributed by atoms with Gasteiger partial charge in [-0.25, -0.2) is 0 Å². The number of hydrogen-bond donors (Lipinski definition) is 0. The van der Waals surface area contributed by atoms with Crippen molar-refractivity contribution in [1.29, 1.82) is 0 Å². The molecule has 0 saturated carbocycles. The van der Waals surface area contributed by atoms with Gasteiger partial charge in [0.05, 0.1) is 0 Å². The molecule has 0 fully saturated rings. The van der Waals surface area contributed by atoms with E-state index >= 15 is 0 Å². The number of hydrogen-bond acceptors (Lipinski definition) is 0. The van der Waals surface area contributed by atoms with Gasteiger partial charge in [-0.1, -0.05) is 69.8 Å². The Hall–Kier alpha value is -1.98. The smallest absolute Gasteiger partial charge is 0.169 e. The highest BCUT2D eigenvalue weighted by atomic mass is 19.4. The Kier molecular flexibility index (Phi) is 6.55. The SMILES string of the molecule is C.CCc1ccc(C(c2ccc(CC)cc2)(C(F)(F)F)C(F)(F)F)cc1. The summed E-state index contributed by atoms with van der Waals surface area (Å²) in [5.41, 5.74) is -4.37. The molecular weight excluding hydrogens is 354 g/mol. The Balaban J connectivity index is 0.00000338. The Bertz CT molecular complexity index is 630. The predicted molar refractivity (Wildman–Crippen MR) is 91.3 cm³/mol. The van der Waals surface area contributed by atoms with Crippen LogP contribution < -0.4 is 0 Å². The summed E-state index contributed by atoms with van der Waals surface area (Å²) in [6, 6.07) is 8.93. The number of alkyl halides is 6. The predicted octanol–water partition coefficient (Wildman–Crippen LogP) is 6.86. The maximum Gasteiger partial charge on any atom is 0.411 e. The van der Waals surface area contributed by atoms with Crippen LogP contribution in [-0.2, 0) is 18.3 Å². The van der Waals surface area contributed by atoms with Gasteiger partial charge < -0.3 is 0 Å². The summed E-state index contributed by atoms with van der Waals surface area (Å²) in [5, 5.41) is 0. The van der Waals surface area contributed by atoms with Gasteiger partial charge in [0.1, 0.15) is 0 Å². The van der Waals surface area contributed by atoms with E-state index in [1.54, 1.807) is 13.8 Å². The minimum atomic E-state index is -5.54. The molecule has 0 atom stereocenters. The molecule has 0 bridgehead atoms. The van der Waals surface area contributed by atoms with Crippen LogP contribution in [0.15, 0.2) is 48.5 Å². The van der Waals surface area contributed by atoms with Gasteiger partial charge in [-0.05, 0) is 35.1 Å². The van der Waals surface area contributed by atoms with Gasteiger partial charge in [0.15, 0.2) is 0 Å². The number of halogens is 6. The molecule has 144 valence electrons. The van der Waals surface area contributed by atoms with E-state index in [0.717, 1.165) is 24.3 Å². The molecule has 2 rings (SSSR count). The second-order valence-corrected chi connectivity index (χ2v) is 5.85. The molecule has 2 aromatic rings. The second kappa shape index (κ2) is 7.72. The van der Waals surface area contributed by atoms with Crippen LogP contribution in [-0.4, -0.2) is 12.4 Å². The van der Waals surface area contributed by atoms with Crippen LogP contribution in [0, 0.1) is 0 Å². The van der Waals surface area contributed by atoms with Gasteiger partial charge in [0.25, 0.3) is 0 Å². The molecule has 0 unspecified atom stereocenters. The van der Waals surface area contributed by atoms with Crippen LogP contribution in [0.1, 0.15) is 43.5 Å². The summed E-state index contributed by atoms with van der Waals surface area (Å²) < 4.78 is 83.3. The first-order valence-corrected chi connectivity index (χ1v) is 7.90. The molecule has 0 aliphatic carbocycles. The molecule has 0 aliphatic heterocycles. The van der Waals surface area contributed by atoms with E-state index in [1.165, 1.54) is 24.3 Å². The third-order valence-corrected chi connectivity index (χ3v) is 4.44. The first kappa shape index (κ1) is 22.1. The molecule has 0 radical (unpaired) electrons. The maximum atomic E-state index is 13.9. The first-order valence-electron chi connectivity index (χ1n) is 7.90. The lowest BCUT2D eigenvalue weighted by Crippen LogP contribution is -2.54. The van der Waals surface area contributed by atoms with Gasteiger partial charge in [-0.3, -0.25) is 0 Å². The molecule has 0 saturated heterocycles. The van der Waals surface area contributed by atoms with E-state index in [1.807, 2.05) is 0 Å². The fourth-order valence-corrected chi connectivity index (χ4v) is 2.96. The standard InChI is InChI=1S/C19H18F6.CH4/c1-3-13-5-9-15(10-6-13)17(18(20,21)22,19(23,24)25)16-11-7-14(4-2)8-12-16;/h5-12H,3-4H2,1-2H3;1H4. The van der Waals surface area contributed by atoms with Crippen molar-refractivity contribution in [2.24, 2.45) is 0 Å². The lowest BCUT2D eigenvalue weighted by atomic mass is 9.72. The minimum Gasteiger partial charge on any atom is -0.169 e. The van der Waals surface area contributed by atoms with Crippen molar-refractivity contribution in [3.05, 3.63) is 70.8 Å². The molecular formula is C20H22F6. The maximum absolute atomic E-state index is 13.9. The quantitative estimate of drug-likeness (QED) is 0.512. The summed E-state index contributed by atoms with van der Waals surface area (Å²) in [6.45, 7) is 3.55. The molecule has 0 spiro atoms. The minimum absolute atomic E-state index is 0. The molecule has 0 amide bonds. The van der Waals surface area contributed by atoms with Gasteiger partial charge in [-0.15, -0.1) is 0 Å². The van der Waals surface area contributed by atoms with Crippen LogP contribution >= 0.6 is 0 Å². The zero-order chi connectivity index (χ0) is 18.9. The molecule has 6 heteroatoms. The first-order chi connectivity index (χ1) is 11.6. The van der Waals surface area contributed by atoms with Crippen molar-refractivity contribution < 1.29 is 26.3 Å². The van der Waals surface area contributed by atoms with Crippen molar-refractivity contribution in [3.8, 4) is 0 Å². The van der Waals surface area contributed by atoms with Crippen molar-refractivity contribution in [2.75, 3.05) is 0 Å². The van der Waals surface area contributed by atoms with Crippen LogP contribution in [0.3, 0.4) is 0 Å². The average Bonchev–Trinajstić information content (AvgIpc) is 2.54. The molecule has 2 aromatic carbocycles. The second-order valence-electron chi connectivity index (χ2n) is 5.85. The zero-order valence-corrected chi connectivity index (χ0v) is 13.8. The van der Waals surface area contributed by atoms with Crippen LogP contribution in [0.25, 0.3) is 0 Å². The Morgan fingerprint density at radius 2 is 0.846 bits per heavy atom. The zero-order valence-electron chi connectivity index (χ0n) is 13.8. The highest BCUT2D eigenvalue weighted by Gasteiger charge is 2.72. The van der Waals surface area contributed by atoms with E-state index in [0.29, 0.717) is 24.0 Å². The van der Waals surface area contributed by atoms with Crippen molar-refractivity contribution >= 4 is 0 Å². The van der Waals surface area contributed by atoms with E-state index in [-0.39, 0.29) is 7.43 Å². The van der Waals surface area contributed by atoms with E-state index in [9.17, 15) is 26.3 Å². The summed E-state index contributed by atoms with van der Waals surface area (Å²) in [6.07, 6.45) is -10.0. The molecule has 0 aliphatic rings. The summed E-state index contributed by atoms with van der Waals surface area (Å²) in [7, 11) is 0. The molecule has 26 heavy (non-hydrogen) atoms. The topological polar surface area (TPSA) is 0 Å². The van der Waals surface area contributed by atoms with Gasteiger partial charge in [0.2, 0.25) is 5.41 Å². The largest absolute Gasteiger partial charge is 0.411 e. The molecule has 0 heterocycles. The number of benzene rings is 2. The summed E-state index contributed by atoms with van der Waals surface area (Å²) in [4.78, 5) is 0. The highest BCUT2D eigenvalue weighted by Crippen LogP contribution is 2.56. The Morgan fingerprint density at radius 3 is 1.04 bits per heavy atom. The highest BCUT2D eigenvalue weighted by molar-refractivity contribution is 5.45. The molecule has 0 nitrogen and oxygen atoms in total. The lowest BCUT2D eigenvalue weighted by molar-refractivity contribution is -0.288. The average molecular weight is 376 g/mol. The monoisotopic (exact) mass is 376 g/mol. The Labute approximate surface area is 149 Å². The molecule has 0 N–H and O–H groups in total. The Morgan fingerprint density at radius 1 is 0.577 bits per heavy atom. The van der Waals surface area contributed by atoms with E-state index < -0.39 is 28.9 Å². The van der Waals surface area contributed by atoms with Crippen molar-refractivity contribution in [3.63, 3.8) is 0 Å². The van der Waals surface area contributed by atoms with Crippen LogP contribution in [0.2, 0.25) is 0 Å². The van der Waals surface area contributed by atoms with Crippen LogP contribution in [0.5, 0.6) is 0 Å². The van der Waals surface area contributed by atoms with Gasteiger partial charge in [-0.2, -0.15) is 26.3 Å².